The van der Waals surface area contributed by atoms with Crippen LogP contribution in [0.5, 0.6) is 0 Å². The number of carbonyl (C=O) groups is 1. The molecule has 1 aliphatic rings. The number of thiophene rings is 1. The molecule has 182 valence electrons. The van der Waals surface area contributed by atoms with Gasteiger partial charge in [0.05, 0.1) is 23.1 Å². The number of hydrogen-bond donors (Lipinski definition) is 3. The van der Waals surface area contributed by atoms with Gasteiger partial charge >= 0.3 is 0 Å². The number of anilines is 1. The van der Waals surface area contributed by atoms with Gasteiger partial charge in [-0.15, -0.1) is 11.3 Å². The molecule has 0 unspecified atom stereocenters. The van der Waals surface area contributed by atoms with Gasteiger partial charge in [0.1, 0.15) is 5.69 Å². The first-order valence-corrected chi connectivity index (χ1v) is 13.1. The van der Waals surface area contributed by atoms with Crippen molar-refractivity contribution in [3.63, 3.8) is 0 Å². The molecular formula is C29H22FN5OS. The van der Waals surface area contributed by atoms with Crippen LogP contribution in [-0.2, 0) is 4.79 Å². The minimum Gasteiger partial charge on any atom is -0.353 e. The van der Waals surface area contributed by atoms with E-state index in [0.29, 0.717) is 5.69 Å². The molecule has 0 bridgehead atoms. The summed E-state index contributed by atoms with van der Waals surface area (Å²) in [4.78, 5) is 21.1. The van der Waals surface area contributed by atoms with E-state index in [0.717, 1.165) is 85.4 Å². The number of nitrogens with zero attached hydrogens (tertiary/aromatic N) is 2. The van der Waals surface area contributed by atoms with Crippen molar-refractivity contribution >= 4 is 44.7 Å². The molecule has 6 aromatic rings. The van der Waals surface area contributed by atoms with Crippen LogP contribution < -0.4 is 5.32 Å². The minimum absolute atomic E-state index is 0.0706. The van der Waals surface area contributed by atoms with Crippen LogP contribution in [0.1, 0.15) is 19.3 Å². The number of pyridine rings is 1. The number of benzene rings is 2. The molecular weight excluding hydrogens is 485 g/mol. The van der Waals surface area contributed by atoms with Crippen LogP contribution in [0.4, 0.5) is 10.1 Å². The molecule has 1 saturated carbocycles. The molecule has 4 heterocycles. The number of amides is 1. The molecule has 0 radical (unpaired) electrons. The molecule has 8 heteroatoms. The number of fused-ring (bicyclic) bond motifs is 2. The Labute approximate surface area is 215 Å². The predicted octanol–water partition coefficient (Wildman–Crippen LogP) is 7.38. The van der Waals surface area contributed by atoms with Crippen molar-refractivity contribution in [2.24, 2.45) is 5.92 Å². The molecule has 2 aromatic carbocycles. The standard InChI is InChI=1S/C29H22FN5OS/c30-27-10-9-26(37-27)20-5-2-6-23-21(20)13-25(33-23)28-22-12-17(7-8-24(22)34-35-28)18-11-19(15-31-14-18)32-29(36)16-3-1-4-16/h2,5-16,33H,1,3-4H2,(H,32,36)(H,34,35). The molecule has 0 saturated heterocycles. The summed E-state index contributed by atoms with van der Waals surface area (Å²) in [5.41, 5.74) is 7.15. The third kappa shape index (κ3) is 3.90. The molecule has 0 spiro atoms. The van der Waals surface area contributed by atoms with Crippen molar-refractivity contribution in [1.82, 2.24) is 20.2 Å². The van der Waals surface area contributed by atoms with Gasteiger partial charge in [0, 0.05) is 44.4 Å². The molecule has 4 aromatic heterocycles. The lowest BCUT2D eigenvalue weighted by Gasteiger charge is -2.24. The maximum atomic E-state index is 13.7. The van der Waals surface area contributed by atoms with Crippen molar-refractivity contribution in [2.45, 2.75) is 19.3 Å². The first kappa shape index (κ1) is 21.9. The molecule has 6 nitrogen and oxygen atoms in total. The highest BCUT2D eigenvalue weighted by Gasteiger charge is 2.25. The Morgan fingerprint density at radius 1 is 0.973 bits per heavy atom. The van der Waals surface area contributed by atoms with Gasteiger partial charge in [-0.3, -0.25) is 14.9 Å². The van der Waals surface area contributed by atoms with Gasteiger partial charge in [0.2, 0.25) is 5.91 Å². The molecule has 37 heavy (non-hydrogen) atoms. The van der Waals surface area contributed by atoms with E-state index in [9.17, 15) is 9.18 Å². The van der Waals surface area contributed by atoms with E-state index < -0.39 is 0 Å². The number of aromatic amines is 2. The van der Waals surface area contributed by atoms with Crippen LogP contribution in [0.3, 0.4) is 0 Å². The van der Waals surface area contributed by atoms with Crippen LogP contribution >= 0.6 is 11.3 Å². The van der Waals surface area contributed by atoms with Gasteiger partial charge in [0.25, 0.3) is 0 Å². The largest absolute Gasteiger partial charge is 0.353 e. The summed E-state index contributed by atoms with van der Waals surface area (Å²) in [5, 5.41) is 12.5. The Morgan fingerprint density at radius 3 is 2.70 bits per heavy atom. The maximum Gasteiger partial charge on any atom is 0.227 e. The Morgan fingerprint density at radius 2 is 1.89 bits per heavy atom. The maximum absolute atomic E-state index is 13.7. The lowest BCUT2D eigenvalue weighted by molar-refractivity contribution is -0.122. The van der Waals surface area contributed by atoms with E-state index in [4.69, 9.17) is 0 Å². The predicted molar refractivity (Wildman–Crippen MR) is 146 cm³/mol. The molecule has 1 amide bonds. The van der Waals surface area contributed by atoms with E-state index in [-0.39, 0.29) is 17.0 Å². The van der Waals surface area contributed by atoms with Crippen LogP contribution in [-0.4, -0.2) is 26.1 Å². The van der Waals surface area contributed by atoms with Crippen molar-refractivity contribution in [2.75, 3.05) is 5.32 Å². The summed E-state index contributed by atoms with van der Waals surface area (Å²) in [5.74, 6) is 0.186. The first-order chi connectivity index (χ1) is 18.1. The molecule has 3 N–H and O–H groups in total. The Kier molecular flexibility index (Phi) is 5.14. The fourth-order valence-corrected chi connectivity index (χ4v) is 5.71. The number of halogens is 1. The number of carbonyl (C=O) groups excluding carboxylic acids is 1. The van der Waals surface area contributed by atoms with Crippen molar-refractivity contribution in [1.29, 1.82) is 0 Å². The van der Waals surface area contributed by atoms with E-state index in [1.54, 1.807) is 12.4 Å². The van der Waals surface area contributed by atoms with E-state index in [2.05, 4.69) is 37.6 Å². The molecule has 0 atom stereocenters. The number of aromatic nitrogens is 4. The first-order valence-electron chi connectivity index (χ1n) is 12.2. The van der Waals surface area contributed by atoms with Crippen molar-refractivity contribution in [3.05, 3.63) is 78.2 Å². The van der Waals surface area contributed by atoms with Crippen LogP contribution in [0, 0.1) is 11.0 Å². The second kappa shape index (κ2) is 8.67. The smallest absolute Gasteiger partial charge is 0.227 e. The molecule has 7 rings (SSSR count). The monoisotopic (exact) mass is 507 g/mol. The van der Waals surface area contributed by atoms with Gasteiger partial charge in [-0.25, -0.2) is 0 Å². The van der Waals surface area contributed by atoms with Gasteiger partial charge in [-0.05, 0) is 60.9 Å². The zero-order valence-electron chi connectivity index (χ0n) is 19.7. The van der Waals surface area contributed by atoms with E-state index in [1.165, 1.54) is 6.07 Å². The number of hydrogen-bond acceptors (Lipinski definition) is 4. The topological polar surface area (TPSA) is 86.5 Å². The number of H-pyrrole nitrogens is 2. The molecule has 0 aliphatic heterocycles. The highest BCUT2D eigenvalue weighted by Crippen LogP contribution is 2.37. The van der Waals surface area contributed by atoms with Crippen LogP contribution in [0.15, 0.2) is 73.1 Å². The molecule has 1 aliphatic carbocycles. The third-order valence-corrected chi connectivity index (χ3v) is 8.04. The van der Waals surface area contributed by atoms with Crippen LogP contribution in [0.2, 0.25) is 0 Å². The van der Waals surface area contributed by atoms with Gasteiger partial charge in [0.15, 0.2) is 5.13 Å². The average molecular weight is 508 g/mol. The Bertz CT molecular complexity index is 1790. The fraction of sp³-hybridized carbons (Fsp3) is 0.138. The molecule has 1 fully saturated rings. The highest BCUT2D eigenvalue weighted by atomic mass is 32.1. The Balaban J connectivity index is 1.26. The third-order valence-electron chi connectivity index (χ3n) is 7.14. The second-order valence-corrected chi connectivity index (χ2v) is 10.5. The summed E-state index contributed by atoms with van der Waals surface area (Å²) >= 11 is 1.14. The van der Waals surface area contributed by atoms with Gasteiger partial charge in [-0.2, -0.15) is 9.49 Å². The highest BCUT2D eigenvalue weighted by molar-refractivity contribution is 7.14. The zero-order chi connectivity index (χ0) is 24.9. The lowest BCUT2D eigenvalue weighted by atomic mass is 9.85. The summed E-state index contributed by atoms with van der Waals surface area (Å²) in [6.45, 7) is 0. The van der Waals surface area contributed by atoms with E-state index in [1.807, 2.05) is 42.5 Å². The summed E-state index contributed by atoms with van der Waals surface area (Å²) in [7, 11) is 0. The zero-order valence-corrected chi connectivity index (χ0v) is 20.5. The van der Waals surface area contributed by atoms with Gasteiger partial charge < -0.3 is 10.3 Å². The number of nitrogens with one attached hydrogen (secondary N) is 3. The average Bonchev–Trinajstić information content (AvgIpc) is 3.60. The summed E-state index contributed by atoms with van der Waals surface area (Å²) in [6, 6.07) is 19.5. The van der Waals surface area contributed by atoms with Gasteiger partial charge in [-0.1, -0.05) is 24.6 Å². The quantitative estimate of drug-likeness (QED) is 0.228. The normalized spacial score (nSPS) is 13.8. The second-order valence-electron chi connectivity index (χ2n) is 9.47. The van der Waals surface area contributed by atoms with Crippen LogP contribution in [0.25, 0.3) is 54.8 Å². The Hall–Kier alpha value is -4.30. The minimum atomic E-state index is -0.199. The number of rotatable bonds is 5. The van der Waals surface area contributed by atoms with Crippen molar-refractivity contribution in [3.8, 4) is 33.0 Å². The van der Waals surface area contributed by atoms with E-state index >= 15 is 0 Å². The SMILES string of the molecule is O=C(Nc1cncc(-c2ccc3[nH]nc(-c4cc5c(-c6ccc(F)s6)cccc5[nH]4)c3c2)c1)C1CCC1. The summed E-state index contributed by atoms with van der Waals surface area (Å²) in [6.07, 6.45) is 6.52. The fourth-order valence-electron chi connectivity index (χ4n) is 4.94. The van der Waals surface area contributed by atoms with Crippen molar-refractivity contribution < 1.29 is 9.18 Å². The summed E-state index contributed by atoms with van der Waals surface area (Å²) < 4.78 is 13.7. The lowest BCUT2D eigenvalue weighted by Crippen LogP contribution is -2.28.